The summed E-state index contributed by atoms with van der Waals surface area (Å²) >= 11 is 0. The van der Waals surface area contributed by atoms with Crippen molar-refractivity contribution in [2.45, 2.75) is 19.4 Å². The molecule has 1 saturated heterocycles. The molecule has 1 aliphatic heterocycles. The molecule has 1 amide bonds. The maximum atomic E-state index is 11.9. The molecular weight excluding hydrogens is 246 g/mol. The maximum absolute atomic E-state index is 11.9. The fraction of sp³-hybridized carbons (Fsp3) is 0.500. The fourth-order valence-electron chi connectivity index (χ4n) is 2.12. The van der Waals surface area contributed by atoms with Crippen LogP contribution < -0.4 is 9.47 Å². The lowest BCUT2D eigenvalue weighted by atomic mass is 10.2. The van der Waals surface area contributed by atoms with Gasteiger partial charge in [0.15, 0.2) is 6.61 Å². The van der Waals surface area contributed by atoms with Crippen molar-refractivity contribution in [3.63, 3.8) is 0 Å². The van der Waals surface area contributed by atoms with Crippen LogP contribution in [0.1, 0.15) is 18.4 Å². The van der Waals surface area contributed by atoms with Gasteiger partial charge in [-0.25, -0.2) is 0 Å². The highest BCUT2D eigenvalue weighted by atomic mass is 16.5. The Kier molecular flexibility index (Phi) is 4.63. The Morgan fingerprint density at radius 3 is 2.74 bits per heavy atom. The molecule has 2 rings (SSSR count). The fourth-order valence-corrected chi connectivity index (χ4v) is 2.12. The number of ether oxygens (including phenoxy) is 2. The standard InChI is InChI=1S/C14H19NO4/c1-18-12-5-4-11(9-16)13(8-12)19-10-14(17)15-6-2-3-7-15/h4-5,8,16H,2-3,6-7,9-10H2,1H3. The number of carbonyl (C=O) groups is 1. The molecule has 19 heavy (non-hydrogen) atoms. The number of hydrogen-bond donors (Lipinski definition) is 1. The Morgan fingerprint density at radius 2 is 2.11 bits per heavy atom. The quantitative estimate of drug-likeness (QED) is 0.868. The molecule has 1 aliphatic rings. The van der Waals surface area contributed by atoms with Gasteiger partial charge in [0.25, 0.3) is 5.91 Å². The molecule has 1 aromatic carbocycles. The number of carbonyl (C=O) groups excluding carboxylic acids is 1. The minimum atomic E-state index is -0.128. The summed E-state index contributed by atoms with van der Waals surface area (Å²) in [6.45, 7) is 1.50. The first-order valence-electron chi connectivity index (χ1n) is 6.43. The second-order valence-corrected chi connectivity index (χ2v) is 4.51. The highest BCUT2D eigenvalue weighted by Crippen LogP contribution is 2.25. The molecule has 0 aromatic heterocycles. The number of rotatable bonds is 5. The van der Waals surface area contributed by atoms with Crippen molar-refractivity contribution < 1.29 is 19.4 Å². The van der Waals surface area contributed by atoms with E-state index < -0.39 is 0 Å². The Morgan fingerprint density at radius 1 is 1.37 bits per heavy atom. The van der Waals surface area contributed by atoms with Gasteiger partial charge >= 0.3 is 0 Å². The van der Waals surface area contributed by atoms with Crippen LogP contribution >= 0.6 is 0 Å². The molecule has 104 valence electrons. The molecule has 5 heteroatoms. The third-order valence-electron chi connectivity index (χ3n) is 3.25. The highest BCUT2D eigenvalue weighted by molar-refractivity contribution is 5.78. The first-order valence-corrected chi connectivity index (χ1v) is 6.43. The largest absolute Gasteiger partial charge is 0.497 e. The lowest BCUT2D eigenvalue weighted by Crippen LogP contribution is -2.32. The van der Waals surface area contributed by atoms with E-state index in [4.69, 9.17) is 9.47 Å². The maximum Gasteiger partial charge on any atom is 0.260 e. The van der Waals surface area contributed by atoms with E-state index in [-0.39, 0.29) is 19.1 Å². The van der Waals surface area contributed by atoms with Crippen LogP contribution in [0.2, 0.25) is 0 Å². The van der Waals surface area contributed by atoms with Crippen molar-refractivity contribution in [3.8, 4) is 11.5 Å². The van der Waals surface area contributed by atoms with Crippen LogP contribution in [-0.4, -0.2) is 42.7 Å². The zero-order valence-electron chi connectivity index (χ0n) is 11.1. The SMILES string of the molecule is COc1ccc(CO)c(OCC(=O)N2CCCC2)c1. The van der Waals surface area contributed by atoms with Gasteiger partial charge in [-0.1, -0.05) is 0 Å². The third-order valence-corrected chi connectivity index (χ3v) is 3.25. The Hall–Kier alpha value is -1.75. The van der Waals surface area contributed by atoms with Crippen LogP contribution in [0.3, 0.4) is 0 Å². The summed E-state index contributed by atoms with van der Waals surface area (Å²) in [5.74, 6) is 1.12. The molecule has 1 N–H and O–H groups in total. The van der Waals surface area contributed by atoms with Crippen molar-refractivity contribution >= 4 is 5.91 Å². The lowest BCUT2D eigenvalue weighted by molar-refractivity contribution is -0.132. The Balaban J connectivity index is 1.99. The van der Waals surface area contributed by atoms with E-state index in [9.17, 15) is 9.90 Å². The number of benzene rings is 1. The Bertz CT molecular complexity index is 441. The summed E-state index contributed by atoms with van der Waals surface area (Å²) in [6.07, 6.45) is 2.12. The number of amides is 1. The van der Waals surface area contributed by atoms with Gasteiger partial charge in [0.2, 0.25) is 0 Å². The van der Waals surface area contributed by atoms with E-state index >= 15 is 0 Å². The molecule has 0 unspecified atom stereocenters. The number of nitrogens with zero attached hydrogens (tertiary/aromatic N) is 1. The average molecular weight is 265 g/mol. The molecule has 0 bridgehead atoms. The summed E-state index contributed by atoms with van der Waals surface area (Å²) in [4.78, 5) is 13.7. The number of hydrogen-bond acceptors (Lipinski definition) is 4. The highest BCUT2D eigenvalue weighted by Gasteiger charge is 2.18. The molecule has 0 atom stereocenters. The van der Waals surface area contributed by atoms with Gasteiger partial charge in [-0.3, -0.25) is 4.79 Å². The Labute approximate surface area is 112 Å². The normalized spacial score (nSPS) is 14.5. The lowest BCUT2D eigenvalue weighted by Gasteiger charge is -2.16. The minimum Gasteiger partial charge on any atom is -0.497 e. The van der Waals surface area contributed by atoms with E-state index in [0.717, 1.165) is 25.9 Å². The molecule has 1 fully saturated rings. The number of aliphatic hydroxyl groups is 1. The first-order chi connectivity index (χ1) is 9.24. The van der Waals surface area contributed by atoms with E-state index in [1.54, 1.807) is 30.2 Å². The first kappa shape index (κ1) is 13.7. The van der Waals surface area contributed by atoms with Crippen LogP contribution in [0, 0.1) is 0 Å². The van der Waals surface area contributed by atoms with Gasteiger partial charge < -0.3 is 19.5 Å². The molecule has 0 spiro atoms. The number of aliphatic hydroxyl groups excluding tert-OH is 1. The topological polar surface area (TPSA) is 59.0 Å². The van der Waals surface area contributed by atoms with Gasteiger partial charge in [0.05, 0.1) is 13.7 Å². The average Bonchev–Trinajstić information content (AvgIpc) is 2.98. The van der Waals surface area contributed by atoms with Crippen LogP contribution in [0.25, 0.3) is 0 Å². The number of likely N-dealkylation sites (tertiary alicyclic amines) is 1. The monoisotopic (exact) mass is 265 g/mol. The molecule has 5 nitrogen and oxygen atoms in total. The van der Waals surface area contributed by atoms with E-state index in [1.165, 1.54) is 0 Å². The summed E-state index contributed by atoms with van der Waals surface area (Å²) in [7, 11) is 1.56. The van der Waals surface area contributed by atoms with Gasteiger partial charge in [-0.15, -0.1) is 0 Å². The van der Waals surface area contributed by atoms with Gasteiger partial charge in [-0.05, 0) is 25.0 Å². The van der Waals surface area contributed by atoms with Crippen molar-refractivity contribution in [1.82, 2.24) is 4.90 Å². The number of methoxy groups -OCH3 is 1. The predicted molar refractivity (Wildman–Crippen MR) is 70.2 cm³/mol. The molecule has 0 saturated carbocycles. The van der Waals surface area contributed by atoms with Gasteiger partial charge in [-0.2, -0.15) is 0 Å². The summed E-state index contributed by atoms with van der Waals surface area (Å²) < 4.78 is 10.6. The van der Waals surface area contributed by atoms with E-state index in [0.29, 0.717) is 17.1 Å². The van der Waals surface area contributed by atoms with Crippen LogP contribution in [0.5, 0.6) is 11.5 Å². The molecule has 1 heterocycles. The van der Waals surface area contributed by atoms with Gasteiger partial charge in [0.1, 0.15) is 11.5 Å². The van der Waals surface area contributed by atoms with E-state index in [1.807, 2.05) is 0 Å². The van der Waals surface area contributed by atoms with Crippen molar-refractivity contribution in [2.75, 3.05) is 26.8 Å². The zero-order valence-corrected chi connectivity index (χ0v) is 11.1. The van der Waals surface area contributed by atoms with Crippen LogP contribution in [0.15, 0.2) is 18.2 Å². The van der Waals surface area contributed by atoms with Crippen molar-refractivity contribution in [2.24, 2.45) is 0 Å². The minimum absolute atomic E-state index is 0.000166. The molecular formula is C14H19NO4. The second-order valence-electron chi connectivity index (χ2n) is 4.51. The van der Waals surface area contributed by atoms with Crippen molar-refractivity contribution in [3.05, 3.63) is 23.8 Å². The van der Waals surface area contributed by atoms with Crippen molar-refractivity contribution in [1.29, 1.82) is 0 Å². The van der Waals surface area contributed by atoms with Gasteiger partial charge in [0, 0.05) is 24.7 Å². The summed E-state index contributed by atoms with van der Waals surface area (Å²) in [6, 6.07) is 5.16. The van der Waals surface area contributed by atoms with Crippen LogP contribution in [-0.2, 0) is 11.4 Å². The summed E-state index contributed by atoms with van der Waals surface area (Å²) in [5, 5.41) is 9.24. The summed E-state index contributed by atoms with van der Waals surface area (Å²) in [5.41, 5.74) is 0.648. The second kappa shape index (κ2) is 6.43. The molecule has 0 aliphatic carbocycles. The molecule has 0 radical (unpaired) electrons. The molecule has 1 aromatic rings. The zero-order chi connectivity index (χ0) is 13.7. The third kappa shape index (κ3) is 3.38. The predicted octanol–water partition coefficient (Wildman–Crippen LogP) is 1.19. The smallest absolute Gasteiger partial charge is 0.260 e. The van der Waals surface area contributed by atoms with E-state index in [2.05, 4.69) is 0 Å². The van der Waals surface area contributed by atoms with Crippen LogP contribution in [0.4, 0.5) is 0 Å².